The van der Waals surface area contributed by atoms with Crippen molar-refractivity contribution in [2.45, 2.75) is 6.92 Å². The number of benzene rings is 3. The zero-order chi connectivity index (χ0) is 20.5. The van der Waals surface area contributed by atoms with E-state index in [1.165, 1.54) is 24.3 Å². The second-order valence-corrected chi connectivity index (χ2v) is 6.43. The van der Waals surface area contributed by atoms with E-state index >= 15 is 0 Å². The summed E-state index contributed by atoms with van der Waals surface area (Å²) in [5.74, 6) is -1.11. The Morgan fingerprint density at radius 1 is 0.897 bits per heavy atom. The molecule has 1 aromatic heterocycles. The van der Waals surface area contributed by atoms with Crippen molar-refractivity contribution in [3.63, 3.8) is 0 Å². The van der Waals surface area contributed by atoms with Crippen LogP contribution in [0.5, 0.6) is 0 Å². The number of aryl methyl sites for hydroxylation is 1. The monoisotopic (exact) mass is 389 g/mol. The first-order valence-electron chi connectivity index (χ1n) is 8.71. The van der Waals surface area contributed by atoms with E-state index in [9.17, 15) is 19.7 Å². The van der Waals surface area contributed by atoms with E-state index in [2.05, 4.69) is 10.9 Å². The molecule has 0 fully saturated rings. The van der Waals surface area contributed by atoms with Crippen LogP contribution in [-0.4, -0.2) is 16.7 Å². The first kappa shape index (κ1) is 18.2. The summed E-state index contributed by atoms with van der Waals surface area (Å²) in [4.78, 5) is 34.8. The van der Waals surface area contributed by atoms with Gasteiger partial charge in [0, 0.05) is 34.0 Å². The number of amides is 2. The third-order valence-corrected chi connectivity index (χ3v) is 4.66. The molecule has 0 radical (unpaired) electrons. The van der Waals surface area contributed by atoms with Gasteiger partial charge in [0.15, 0.2) is 5.76 Å². The van der Waals surface area contributed by atoms with E-state index in [0.717, 1.165) is 16.2 Å². The molecule has 1 heterocycles. The fourth-order valence-corrected chi connectivity index (χ4v) is 3.14. The first-order valence-corrected chi connectivity index (χ1v) is 8.71. The van der Waals surface area contributed by atoms with Crippen LogP contribution in [0.3, 0.4) is 0 Å². The molecule has 0 saturated heterocycles. The Bertz CT molecular complexity index is 1270. The Morgan fingerprint density at radius 2 is 1.59 bits per heavy atom. The summed E-state index contributed by atoms with van der Waals surface area (Å²) in [6, 6.07) is 16.6. The van der Waals surface area contributed by atoms with Gasteiger partial charge in [-0.05, 0) is 24.4 Å². The fourth-order valence-electron chi connectivity index (χ4n) is 3.14. The van der Waals surface area contributed by atoms with Crippen molar-refractivity contribution in [2.75, 3.05) is 0 Å². The van der Waals surface area contributed by atoms with Crippen LogP contribution in [0.1, 0.15) is 26.5 Å². The Labute approximate surface area is 164 Å². The summed E-state index contributed by atoms with van der Waals surface area (Å²) in [7, 11) is 0. The Kier molecular flexibility index (Phi) is 4.44. The zero-order valence-electron chi connectivity index (χ0n) is 15.3. The Morgan fingerprint density at radius 3 is 2.31 bits per heavy atom. The lowest BCUT2D eigenvalue weighted by atomic mass is 10.1. The minimum Gasteiger partial charge on any atom is -0.450 e. The van der Waals surface area contributed by atoms with Crippen LogP contribution < -0.4 is 10.9 Å². The van der Waals surface area contributed by atoms with Gasteiger partial charge in [0.05, 0.1) is 4.92 Å². The SMILES string of the molecule is Cc1c(C(=O)NNC(=O)c2ccc([N+](=O)[O-])cc2)oc2c1ccc1ccccc12. The highest BCUT2D eigenvalue weighted by molar-refractivity contribution is 6.09. The molecule has 0 aliphatic rings. The molecule has 2 N–H and O–H groups in total. The van der Waals surface area contributed by atoms with Crippen LogP contribution in [0.15, 0.2) is 65.1 Å². The molecule has 0 saturated carbocycles. The molecular formula is C21H15N3O5. The molecule has 0 aliphatic carbocycles. The van der Waals surface area contributed by atoms with Crippen LogP contribution in [0.4, 0.5) is 5.69 Å². The van der Waals surface area contributed by atoms with Crippen LogP contribution in [0.25, 0.3) is 21.7 Å². The van der Waals surface area contributed by atoms with Crippen molar-refractivity contribution in [2.24, 2.45) is 0 Å². The van der Waals surface area contributed by atoms with Gasteiger partial charge in [0.25, 0.3) is 11.6 Å². The quantitative estimate of drug-likeness (QED) is 0.408. The highest BCUT2D eigenvalue weighted by Crippen LogP contribution is 2.31. The molecule has 8 nitrogen and oxygen atoms in total. The van der Waals surface area contributed by atoms with Gasteiger partial charge in [-0.2, -0.15) is 0 Å². The van der Waals surface area contributed by atoms with Gasteiger partial charge in [0.1, 0.15) is 5.58 Å². The molecule has 0 unspecified atom stereocenters. The van der Waals surface area contributed by atoms with E-state index in [4.69, 9.17) is 4.42 Å². The summed E-state index contributed by atoms with van der Waals surface area (Å²) in [6.45, 7) is 1.77. The van der Waals surface area contributed by atoms with Crippen molar-refractivity contribution < 1.29 is 18.9 Å². The van der Waals surface area contributed by atoms with Gasteiger partial charge in [-0.15, -0.1) is 0 Å². The second kappa shape index (κ2) is 7.08. The van der Waals surface area contributed by atoms with Crippen LogP contribution >= 0.6 is 0 Å². The molecule has 29 heavy (non-hydrogen) atoms. The summed E-state index contributed by atoms with van der Waals surface area (Å²) in [5, 5.41) is 13.4. The van der Waals surface area contributed by atoms with Crippen molar-refractivity contribution >= 4 is 39.2 Å². The number of nitrogens with one attached hydrogen (secondary N) is 2. The van der Waals surface area contributed by atoms with Crippen LogP contribution in [0, 0.1) is 17.0 Å². The van der Waals surface area contributed by atoms with Gasteiger partial charge < -0.3 is 4.42 Å². The number of nitrogens with zero attached hydrogens (tertiary/aromatic N) is 1. The van der Waals surface area contributed by atoms with E-state index in [0.29, 0.717) is 11.1 Å². The van der Waals surface area contributed by atoms with Crippen molar-refractivity contribution in [3.8, 4) is 0 Å². The van der Waals surface area contributed by atoms with Gasteiger partial charge in [-0.3, -0.25) is 30.6 Å². The van der Waals surface area contributed by atoms with Crippen LogP contribution in [0.2, 0.25) is 0 Å². The van der Waals surface area contributed by atoms with Crippen molar-refractivity contribution in [3.05, 3.63) is 87.7 Å². The normalized spacial score (nSPS) is 10.8. The first-order chi connectivity index (χ1) is 14.0. The van der Waals surface area contributed by atoms with Gasteiger partial charge >= 0.3 is 5.91 Å². The second-order valence-electron chi connectivity index (χ2n) is 6.43. The molecule has 4 rings (SSSR count). The Hall–Kier alpha value is -4.20. The fraction of sp³-hybridized carbons (Fsp3) is 0.0476. The Balaban J connectivity index is 1.54. The van der Waals surface area contributed by atoms with Crippen molar-refractivity contribution in [1.29, 1.82) is 0 Å². The maximum absolute atomic E-state index is 12.5. The third-order valence-electron chi connectivity index (χ3n) is 4.66. The number of furan rings is 1. The largest absolute Gasteiger partial charge is 0.450 e. The molecule has 0 aliphatic heterocycles. The minimum atomic E-state index is -0.604. The summed E-state index contributed by atoms with van der Waals surface area (Å²) < 4.78 is 5.82. The van der Waals surface area contributed by atoms with E-state index in [-0.39, 0.29) is 17.0 Å². The number of carbonyl (C=O) groups excluding carboxylic acids is 2. The number of fused-ring (bicyclic) bond motifs is 3. The lowest BCUT2D eigenvalue weighted by Crippen LogP contribution is -2.41. The van der Waals surface area contributed by atoms with E-state index in [1.54, 1.807) is 6.92 Å². The number of carbonyl (C=O) groups is 2. The average molecular weight is 389 g/mol. The minimum absolute atomic E-state index is 0.0975. The molecule has 144 valence electrons. The average Bonchev–Trinajstić information content (AvgIpc) is 3.09. The third kappa shape index (κ3) is 3.27. The summed E-state index contributed by atoms with van der Waals surface area (Å²) in [6.07, 6.45) is 0. The lowest BCUT2D eigenvalue weighted by Gasteiger charge is -2.06. The molecule has 0 spiro atoms. The molecule has 3 aromatic carbocycles. The lowest BCUT2D eigenvalue weighted by molar-refractivity contribution is -0.384. The molecule has 0 atom stereocenters. The highest BCUT2D eigenvalue weighted by atomic mass is 16.6. The van der Waals surface area contributed by atoms with Gasteiger partial charge in [-0.25, -0.2) is 0 Å². The van der Waals surface area contributed by atoms with Crippen molar-refractivity contribution in [1.82, 2.24) is 10.9 Å². The number of nitro benzene ring substituents is 1. The maximum atomic E-state index is 12.5. The molecule has 0 bridgehead atoms. The predicted molar refractivity (Wildman–Crippen MR) is 106 cm³/mol. The van der Waals surface area contributed by atoms with Crippen LogP contribution in [-0.2, 0) is 0 Å². The topological polar surface area (TPSA) is 114 Å². The van der Waals surface area contributed by atoms with Gasteiger partial charge in [0.2, 0.25) is 0 Å². The van der Waals surface area contributed by atoms with E-state index in [1.807, 2.05) is 36.4 Å². The zero-order valence-corrected chi connectivity index (χ0v) is 15.3. The molecular weight excluding hydrogens is 374 g/mol. The molecule has 2 amide bonds. The number of hydrazine groups is 1. The number of hydrogen-bond acceptors (Lipinski definition) is 5. The number of non-ortho nitro benzene ring substituents is 1. The molecule has 4 aromatic rings. The maximum Gasteiger partial charge on any atom is 0.305 e. The van der Waals surface area contributed by atoms with E-state index < -0.39 is 16.7 Å². The number of nitro groups is 1. The highest BCUT2D eigenvalue weighted by Gasteiger charge is 2.20. The van der Waals surface area contributed by atoms with Gasteiger partial charge in [-0.1, -0.05) is 36.4 Å². The number of rotatable bonds is 3. The predicted octanol–water partition coefficient (Wildman–Crippen LogP) is 3.88. The summed E-state index contributed by atoms with van der Waals surface area (Å²) >= 11 is 0. The summed E-state index contributed by atoms with van der Waals surface area (Å²) in [5.41, 5.74) is 5.91. The molecule has 8 heteroatoms. The number of hydrogen-bond donors (Lipinski definition) is 2. The standard InChI is InChI=1S/C21H15N3O5/c1-12-16-11-8-13-4-2-3-5-17(13)19(16)29-18(12)21(26)23-22-20(25)14-6-9-15(10-7-14)24(27)28/h2-11H,1H3,(H,22,25)(H,23,26). The smallest absolute Gasteiger partial charge is 0.305 e.